The molecule has 3 aromatic rings. The molecule has 0 spiro atoms. The Morgan fingerprint density at radius 3 is 2.63 bits per heavy atom. The maximum absolute atomic E-state index is 6.22. The lowest BCUT2D eigenvalue weighted by Crippen LogP contribution is -1.90. The predicted molar refractivity (Wildman–Crippen MR) is 81.8 cm³/mol. The molecule has 0 aliphatic heterocycles. The molecule has 3 rings (SSSR count). The monoisotopic (exact) mass is 288 g/mol. The van der Waals surface area contributed by atoms with Gasteiger partial charge >= 0.3 is 0 Å². The summed E-state index contributed by atoms with van der Waals surface area (Å²) in [5, 5.41) is 1.99. The summed E-state index contributed by atoms with van der Waals surface area (Å²) in [4.78, 5) is 7.90. The number of para-hydroxylation sites is 2. The summed E-state index contributed by atoms with van der Waals surface area (Å²) < 4.78 is 0. The molecule has 0 aliphatic rings. The number of halogens is 1. The first-order valence-electron chi connectivity index (χ1n) is 6.10. The summed E-state index contributed by atoms with van der Waals surface area (Å²) in [5.74, 6) is 0. The van der Waals surface area contributed by atoms with Gasteiger partial charge in [-0.3, -0.25) is 0 Å². The minimum absolute atomic E-state index is 0.259. The van der Waals surface area contributed by atoms with E-state index in [0.29, 0.717) is 0 Å². The fourth-order valence-corrected chi connectivity index (χ4v) is 3.37. The molecule has 0 bridgehead atoms. The first kappa shape index (κ1) is 12.6. The fourth-order valence-electron chi connectivity index (χ4n) is 2.02. The van der Waals surface area contributed by atoms with E-state index in [9.17, 15) is 0 Å². The van der Waals surface area contributed by atoms with Crippen molar-refractivity contribution in [3.63, 3.8) is 0 Å². The highest BCUT2D eigenvalue weighted by molar-refractivity contribution is 7.99. The van der Waals surface area contributed by atoms with Crippen LogP contribution in [0, 0.1) is 0 Å². The molecule has 0 saturated heterocycles. The number of hydrogen-bond acceptors (Lipinski definition) is 2. The zero-order valence-corrected chi connectivity index (χ0v) is 12.0. The van der Waals surface area contributed by atoms with Gasteiger partial charge in [-0.05, 0) is 30.7 Å². The maximum atomic E-state index is 6.22. The molecule has 2 nitrogen and oxygen atoms in total. The van der Waals surface area contributed by atoms with Crippen LogP contribution < -0.4 is 0 Å². The number of hydrogen-bond donors (Lipinski definition) is 1. The van der Waals surface area contributed by atoms with Crippen LogP contribution in [0.25, 0.3) is 11.0 Å². The normalized spacial score (nSPS) is 12.7. The summed E-state index contributed by atoms with van der Waals surface area (Å²) in [6.07, 6.45) is 0. The number of nitrogens with zero attached hydrogens (tertiary/aromatic N) is 1. The van der Waals surface area contributed by atoms with Gasteiger partial charge in [0, 0.05) is 10.3 Å². The first-order valence-corrected chi connectivity index (χ1v) is 7.35. The number of H-pyrrole nitrogens is 1. The number of benzene rings is 2. The average Bonchev–Trinajstić information content (AvgIpc) is 2.81. The molecule has 1 heterocycles. The van der Waals surface area contributed by atoms with Crippen molar-refractivity contribution in [2.75, 3.05) is 0 Å². The third kappa shape index (κ3) is 2.62. The first-order chi connectivity index (χ1) is 9.24. The van der Waals surface area contributed by atoms with Crippen LogP contribution in [0.1, 0.15) is 17.7 Å². The molecule has 4 heteroatoms. The van der Waals surface area contributed by atoms with Gasteiger partial charge in [0.25, 0.3) is 0 Å². The van der Waals surface area contributed by atoms with Crippen LogP contribution in [-0.2, 0) is 0 Å². The zero-order chi connectivity index (χ0) is 13.2. The van der Waals surface area contributed by atoms with E-state index in [1.165, 1.54) is 0 Å². The van der Waals surface area contributed by atoms with Crippen molar-refractivity contribution in [1.29, 1.82) is 0 Å². The van der Waals surface area contributed by atoms with Crippen LogP contribution in [0.4, 0.5) is 0 Å². The highest BCUT2D eigenvalue weighted by Crippen LogP contribution is 2.37. The van der Waals surface area contributed by atoms with Crippen molar-refractivity contribution in [2.45, 2.75) is 17.3 Å². The SMILES string of the molecule is C[C@@H](Sc1nc2ccccc2[nH]1)c1ccccc1Cl. The summed E-state index contributed by atoms with van der Waals surface area (Å²) in [5.41, 5.74) is 3.20. The minimum atomic E-state index is 0.259. The zero-order valence-electron chi connectivity index (χ0n) is 10.4. The second kappa shape index (κ2) is 5.27. The Hall–Kier alpha value is -1.45. The van der Waals surface area contributed by atoms with Gasteiger partial charge in [-0.25, -0.2) is 4.98 Å². The maximum Gasteiger partial charge on any atom is 0.166 e. The number of nitrogens with one attached hydrogen (secondary N) is 1. The van der Waals surface area contributed by atoms with Crippen LogP contribution >= 0.6 is 23.4 Å². The molecule has 1 N–H and O–H groups in total. The van der Waals surface area contributed by atoms with Crippen LogP contribution in [0.15, 0.2) is 53.7 Å². The van der Waals surface area contributed by atoms with E-state index < -0.39 is 0 Å². The smallest absolute Gasteiger partial charge is 0.166 e. The van der Waals surface area contributed by atoms with Crippen LogP contribution in [0.2, 0.25) is 5.02 Å². The molecule has 0 saturated carbocycles. The Morgan fingerprint density at radius 1 is 1.11 bits per heavy atom. The Balaban J connectivity index is 1.86. The van der Waals surface area contributed by atoms with Gasteiger partial charge in [-0.15, -0.1) is 0 Å². The number of aromatic nitrogens is 2. The van der Waals surface area contributed by atoms with E-state index in [1.807, 2.05) is 42.5 Å². The second-order valence-corrected chi connectivity index (χ2v) is 6.08. The fraction of sp³-hybridized carbons (Fsp3) is 0.133. The number of rotatable bonds is 3. The van der Waals surface area contributed by atoms with Crippen LogP contribution in [-0.4, -0.2) is 9.97 Å². The van der Waals surface area contributed by atoms with Gasteiger partial charge in [0.05, 0.1) is 11.0 Å². The Labute approximate surface area is 121 Å². The molecule has 0 radical (unpaired) electrons. The Kier molecular flexibility index (Phi) is 3.49. The van der Waals surface area contributed by atoms with E-state index in [1.54, 1.807) is 11.8 Å². The van der Waals surface area contributed by atoms with Gasteiger partial charge < -0.3 is 4.98 Å². The Morgan fingerprint density at radius 2 is 1.84 bits per heavy atom. The van der Waals surface area contributed by atoms with Crippen LogP contribution in [0.5, 0.6) is 0 Å². The van der Waals surface area contributed by atoms with Gasteiger partial charge in [-0.1, -0.05) is 53.7 Å². The molecular weight excluding hydrogens is 276 g/mol. The summed E-state index contributed by atoms with van der Waals surface area (Å²) in [7, 11) is 0. The number of imidazole rings is 1. The van der Waals surface area contributed by atoms with Gasteiger partial charge in [0.15, 0.2) is 5.16 Å². The summed E-state index contributed by atoms with van der Waals surface area (Å²) >= 11 is 7.91. The molecular formula is C15H13ClN2S. The third-order valence-electron chi connectivity index (χ3n) is 3.00. The highest BCUT2D eigenvalue weighted by atomic mass is 35.5. The van der Waals surface area contributed by atoms with E-state index in [4.69, 9.17) is 11.6 Å². The van der Waals surface area contributed by atoms with Crippen molar-refractivity contribution >= 4 is 34.4 Å². The molecule has 0 amide bonds. The second-order valence-electron chi connectivity index (χ2n) is 4.34. The molecule has 1 aromatic heterocycles. The van der Waals surface area contributed by atoms with Crippen molar-refractivity contribution in [3.8, 4) is 0 Å². The van der Waals surface area contributed by atoms with Crippen molar-refractivity contribution < 1.29 is 0 Å². The topological polar surface area (TPSA) is 28.7 Å². The standard InChI is InChI=1S/C15H13ClN2S/c1-10(11-6-2-3-7-12(11)16)19-15-17-13-8-4-5-9-14(13)18-15/h2-10H,1H3,(H,17,18)/t10-/m1/s1. The van der Waals surface area contributed by atoms with Crippen LogP contribution in [0.3, 0.4) is 0 Å². The lowest BCUT2D eigenvalue weighted by Gasteiger charge is -2.11. The van der Waals surface area contributed by atoms with Gasteiger partial charge in [0.2, 0.25) is 0 Å². The van der Waals surface area contributed by atoms with Gasteiger partial charge in [-0.2, -0.15) is 0 Å². The van der Waals surface area contributed by atoms with E-state index in [2.05, 4.69) is 23.0 Å². The average molecular weight is 289 g/mol. The quantitative estimate of drug-likeness (QED) is 0.682. The number of thioether (sulfide) groups is 1. The molecule has 96 valence electrons. The molecule has 2 aromatic carbocycles. The molecule has 19 heavy (non-hydrogen) atoms. The van der Waals surface area contributed by atoms with Crippen molar-refractivity contribution in [3.05, 3.63) is 59.1 Å². The Bertz CT molecular complexity index is 675. The minimum Gasteiger partial charge on any atom is -0.333 e. The van der Waals surface area contributed by atoms with E-state index in [-0.39, 0.29) is 5.25 Å². The summed E-state index contributed by atoms with van der Waals surface area (Å²) in [6.45, 7) is 2.14. The predicted octanol–water partition coefficient (Wildman–Crippen LogP) is 5.07. The molecule has 0 fully saturated rings. The lowest BCUT2D eigenvalue weighted by molar-refractivity contribution is 1.03. The van der Waals surface area contributed by atoms with E-state index >= 15 is 0 Å². The highest BCUT2D eigenvalue weighted by Gasteiger charge is 2.13. The van der Waals surface area contributed by atoms with E-state index in [0.717, 1.165) is 26.8 Å². The molecule has 0 aliphatic carbocycles. The van der Waals surface area contributed by atoms with Crippen molar-refractivity contribution in [2.24, 2.45) is 0 Å². The number of fused-ring (bicyclic) bond motifs is 1. The third-order valence-corrected chi connectivity index (χ3v) is 4.37. The largest absolute Gasteiger partial charge is 0.333 e. The summed E-state index contributed by atoms with van der Waals surface area (Å²) in [6, 6.07) is 16.0. The van der Waals surface area contributed by atoms with Gasteiger partial charge in [0.1, 0.15) is 0 Å². The molecule has 0 unspecified atom stereocenters. The molecule has 1 atom stereocenters. The van der Waals surface area contributed by atoms with Crippen molar-refractivity contribution in [1.82, 2.24) is 9.97 Å². The lowest BCUT2D eigenvalue weighted by atomic mass is 10.2. The number of aromatic amines is 1.